The van der Waals surface area contributed by atoms with E-state index in [0.717, 1.165) is 37.1 Å². The molecule has 2 unspecified atom stereocenters. The van der Waals surface area contributed by atoms with Crippen LogP contribution in [0, 0.1) is 5.92 Å². The minimum absolute atomic E-state index is 0.0455. The van der Waals surface area contributed by atoms with Crippen molar-refractivity contribution in [2.24, 2.45) is 5.92 Å². The Hall–Kier alpha value is -2.06. The second kappa shape index (κ2) is 10.8. The van der Waals surface area contributed by atoms with E-state index < -0.39 is 17.2 Å². The van der Waals surface area contributed by atoms with E-state index in [9.17, 15) is 13.6 Å². The minimum atomic E-state index is -2.11. The first kappa shape index (κ1) is 22.6. The van der Waals surface area contributed by atoms with Crippen molar-refractivity contribution in [2.45, 2.75) is 32.4 Å². The lowest BCUT2D eigenvalue weighted by Crippen LogP contribution is -2.42. The summed E-state index contributed by atoms with van der Waals surface area (Å²) in [6.07, 6.45) is 2.28. The fourth-order valence-electron chi connectivity index (χ4n) is 3.89. The number of esters is 1. The Morgan fingerprint density at radius 1 is 1.17 bits per heavy atom. The molecule has 1 N–H and O–H groups in total. The van der Waals surface area contributed by atoms with Crippen molar-refractivity contribution in [3.63, 3.8) is 0 Å². The second-order valence-corrected chi connectivity index (χ2v) is 8.86. The number of carbonyl (C=O) groups excluding carboxylic acids is 1. The molecule has 1 heterocycles. The molecule has 1 aliphatic rings. The number of methoxy groups -OCH3 is 1. The summed E-state index contributed by atoms with van der Waals surface area (Å²) in [5.41, 5.74) is 2.48. The predicted molar refractivity (Wildman–Crippen MR) is 118 cm³/mol. The molecule has 2 aromatic carbocycles. The Morgan fingerprint density at radius 2 is 1.80 bits per heavy atom. The Labute approximate surface area is 181 Å². The molecule has 0 spiro atoms. The molecule has 1 fully saturated rings. The van der Waals surface area contributed by atoms with E-state index in [2.05, 4.69) is 24.0 Å². The van der Waals surface area contributed by atoms with E-state index >= 15 is 0 Å². The van der Waals surface area contributed by atoms with Crippen LogP contribution in [0.1, 0.15) is 47.3 Å². The summed E-state index contributed by atoms with van der Waals surface area (Å²) in [6.45, 7) is 5.02. The van der Waals surface area contributed by atoms with Crippen LogP contribution in [0.25, 0.3) is 0 Å². The minimum Gasteiger partial charge on any atom is -0.465 e. The molecule has 0 saturated carbocycles. The first-order valence-electron chi connectivity index (χ1n) is 10.3. The third kappa shape index (κ3) is 5.98. The Morgan fingerprint density at radius 3 is 2.37 bits per heavy atom. The van der Waals surface area contributed by atoms with Crippen molar-refractivity contribution in [2.75, 3.05) is 26.7 Å². The van der Waals surface area contributed by atoms with E-state index in [1.807, 2.05) is 18.2 Å². The molecule has 0 aromatic heterocycles. The lowest BCUT2D eigenvalue weighted by atomic mass is 9.95. The van der Waals surface area contributed by atoms with E-state index in [4.69, 9.17) is 4.74 Å². The summed E-state index contributed by atoms with van der Waals surface area (Å²) in [5.74, 6) is 0.321. The van der Waals surface area contributed by atoms with Gasteiger partial charge in [-0.25, -0.2) is 9.00 Å². The summed E-state index contributed by atoms with van der Waals surface area (Å²) >= 11 is -2.11. The van der Waals surface area contributed by atoms with Gasteiger partial charge in [-0.3, -0.25) is 9.45 Å². The number of rotatable bonds is 8. The van der Waals surface area contributed by atoms with Crippen molar-refractivity contribution in [3.8, 4) is 0 Å². The zero-order valence-corrected chi connectivity index (χ0v) is 18.4. The quantitative estimate of drug-likeness (QED) is 0.508. The van der Waals surface area contributed by atoms with E-state index in [1.165, 1.54) is 7.11 Å². The van der Waals surface area contributed by atoms with Crippen molar-refractivity contribution in [3.05, 3.63) is 71.3 Å². The first-order valence-corrected chi connectivity index (χ1v) is 11.4. The van der Waals surface area contributed by atoms with E-state index in [-0.39, 0.29) is 6.04 Å². The van der Waals surface area contributed by atoms with Gasteiger partial charge in [-0.05, 0) is 55.1 Å². The van der Waals surface area contributed by atoms with Crippen molar-refractivity contribution >= 4 is 17.2 Å². The monoisotopic (exact) mass is 430 g/mol. The SMILES string of the molecule is COC(=O)c1ccc(CN(CC(c2ccccc2)N2CCC(C)CC2)S(=O)O)cc1. The lowest BCUT2D eigenvalue weighted by Gasteiger charge is -2.38. The highest BCUT2D eigenvalue weighted by Gasteiger charge is 2.28. The third-order valence-corrected chi connectivity index (χ3v) is 6.49. The molecule has 0 bridgehead atoms. The maximum Gasteiger partial charge on any atom is 0.337 e. The molecule has 3 rings (SSSR count). The first-order chi connectivity index (χ1) is 14.5. The number of likely N-dealkylation sites (tertiary alicyclic amines) is 1. The Balaban J connectivity index is 1.77. The van der Waals surface area contributed by atoms with Gasteiger partial charge < -0.3 is 4.74 Å². The van der Waals surface area contributed by atoms with Crippen LogP contribution in [-0.4, -0.2) is 50.7 Å². The molecule has 0 radical (unpaired) electrons. The van der Waals surface area contributed by atoms with Gasteiger partial charge in [0.1, 0.15) is 0 Å². The molecule has 2 aromatic rings. The van der Waals surface area contributed by atoms with Crippen molar-refractivity contribution < 1.29 is 18.3 Å². The van der Waals surface area contributed by atoms with Gasteiger partial charge in [0.05, 0.1) is 12.7 Å². The van der Waals surface area contributed by atoms with Crippen LogP contribution >= 0.6 is 0 Å². The smallest absolute Gasteiger partial charge is 0.337 e. The van der Waals surface area contributed by atoms with Gasteiger partial charge in [0, 0.05) is 19.1 Å². The summed E-state index contributed by atoms with van der Waals surface area (Å²) < 4.78 is 28.5. The van der Waals surface area contributed by atoms with Crippen LogP contribution in [-0.2, 0) is 22.5 Å². The van der Waals surface area contributed by atoms with Gasteiger partial charge in [0.25, 0.3) is 0 Å². The van der Waals surface area contributed by atoms with Crippen LogP contribution in [0.5, 0.6) is 0 Å². The summed E-state index contributed by atoms with van der Waals surface area (Å²) in [6, 6.07) is 17.2. The van der Waals surface area contributed by atoms with Gasteiger partial charge in [-0.2, -0.15) is 4.31 Å². The Kier molecular flexibility index (Phi) is 8.16. The number of benzene rings is 2. The molecular formula is C23H30N2O4S. The van der Waals surface area contributed by atoms with Crippen LogP contribution in [0.2, 0.25) is 0 Å². The number of piperidine rings is 1. The zero-order chi connectivity index (χ0) is 21.5. The maximum atomic E-state index is 12.2. The molecule has 162 valence electrons. The standard InChI is InChI=1S/C23H30N2O4S/c1-18-12-14-24(15-13-18)22(20-6-4-3-5-7-20)17-25(30(27)28)16-19-8-10-21(11-9-19)23(26)29-2/h3-11,18,22H,12-17H2,1-2H3,(H,27,28). The molecule has 30 heavy (non-hydrogen) atoms. The molecule has 1 saturated heterocycles. The van der Waals surface area contributed by atoms with Crippen molar-refractivity contribution in [1.82, 2.24) is 9.21 Å². The molecule has 2 atom stereocenters. The van der Waals surface area contributed by atoms with Crippen molar-refractivity contribution in [1.29, 1.82) is 0 Å². The molecular weight excluding hydrogens is 400 g/mol. The topological polar surface area (TPSA) is 70.1 Å². The van der Waals surface area contributed by atoms with Gasteiger partial charge in [0.15, 0.2) is 0 Å². The highest BCUT2D eigenvalue weighted by atomic mass is 32.2. The number of hydrogen-bond donors (Lipinski definition) is 1. The second-order valence-electron chi connectivity index (χ2n) is 7.89. The summed E-state index contributed by atoms with van der Waals surface area (Å²) in [4.78, 5) is 14.1. The van der Waals surface area contributed by atoms with E-state index in [1.54, 1.807) is 28.6 Å². The highest BCUT2D eigenvalue weighted by molar-refractivity contribution is 7.76. The molecule has 1 aliphatic heterocycles. The van der Waals surface area contributed by atoms with Crippen LogP contribution in [0.3, 0.4) is 0 Å². The third-order valence-electron chi connectivity index (χ3n) is 5.77. The van der Waals surface area contributed by atoms with E-state index in [0.29, 0.717) is 24.6 Å². The van der Waals surface area contributed by atoms with Gasteiger partial charge in [-0.1, -0.05) is 49.4 Å². The highest BCUT2D eigenvalue weighted by Crippen LogP contribution is 2.28. The average molecular weight is 431 g/mol. The number of ether oxygens (including phenoxy) is 1. The fraction of sp³-hybridized carbons (Fsp3) is 0.435. The normalized spacial score (nSPS) is 17.6. The number of carbonyl (C=O) groups is 1. The molecule has 6 nitrogen and oxygen atoms in total. The molecule has 0 aliphatic carbocycles. The molecule has 0 amide bonds. The van der Waals surface area contributed by atoms with Crippen LogP contribution in [0.4, 0.5) is 0 Å². The predicted octanol–water partition coefficient (Wildman–Crippen LogP) is 3.89. The van der Waals surface area contributed by atoms with Gasteiger partial charge in [-0.15, -0.1) is 0 Å². The largest absolute Gasteiger partial charge is 0.465 e. The van der Waals surface area contributed by atoms with Crippen LogP contribution < -0.4 is 0 Å². The number of hydrogen-bond acceptors (Lipinski definition) is 4. The van der Waals surface area contributed by atoms with Crippen LogP contribution in [0.15, 0.2) is 54.6 Å². The summed E-state index contributed by atoms with van der Waals surface area (Å²) in [5, 5.41) is 0. The molecule has 7 heteroatoms. The fourth-order valence-corrected chi connectivity index (χ4v) is 4.42. The summed E-state index contributed by atoms with van der Waals surface area (Å²) in [7, 11) is 1.35. The maximum absolute atomic E-state index is 12.2. The average Bonchev–Trinajstić information content (AvgIpc) is 2.77. The lowest BCUT2D eigenvalue weighted by molar-refractivity contribution is 0.0600. The Bertz CT molecular complexity index is 836. The van der Waals surface area contributed by atoms with Gasteiger partial charge >= 0.3 is 5.97 Å². The zero-order valence-electron chi connectivity index (χ0n) is 17.6. The van der Waals surface area contributed by atoms with Gasteiger partial charge in [0.2, 0.25) is 11.3 Å². The number of nitrogens with zero attached hydrogens (tertiary/aromatic N) is 2.